The molecule has 0 radical (unpaired) electrons. The van der Waals surface area contributed by atoms with E-state index in [1.807, 2.05) is 0 Å². The molecule has 2 aliphatic heterocycles. The second-order valence-electron chi connectivity index (χ2n) is 13.3. The van der Waals surface area contributed by atoms with Gasteiger partial charge in [-0.3, -0.25) is 0 Å². The number of hydrogen-bond acceptors (Lipinski definition) is 14. The van der Waals surface area contributed by atoms with Crippen LogP contribution in [0.4, 0.5) is 0 Å². The third-order valence-electron chi connectivity index (χ3n) is 10.1. The number of aliphatic hydroxyl groups excluding tert-OH is 9. The molecular formula is C30H48O14. The van der Waals surface area contributed by atoms with Crippen LogP contribution in [0.1, 0.15) is 57.8 Å². The maximum atomic E-state index is 12.4. The monoisotopic (exact) mass is 632 g/mol. The molecule has 5 fully saturated rings. The summed E-state index contributed by atoms with van der Waals surface area (Å²) >= 11 is 0. The molecule has 2 heterocycles. The van der Waals surface area contributed by atoms with Crippen LogP contribution >= 0.6 is 0 Å². The van der Waals surface area contributed by atoms with Gasteiger partial charge in [-0.15, -0.1) is 0 Å². The van der Waals surface area contributed by atoms with Crippen molar-refractivity contribution in [2.45, 2.75) is 143 Å². The van der Waals surface area contributed by atoms with Crippen LogP contribution in [0.3, 0.4) is 0 Å². The Kier molecular flexibility index (Phi) is 11.3. The molecule has 0 spiro atoms. The van der Waals surface area contributed by atoms with Crippen molar-refractivity contribution in [2.75, 3.05) is 6.61 Å². The van der Waals surface area contributed by atoms with Crippen molar-refractivity contribution in [3.63, 3.8) is 0 Å². The number of rotatable bonds is 7. The van der Waals surface area contributed by atoms with Crippen LogP contribution in [0.2, 0.25) is 0 Å². The second kappa shape index (κ2) is 14.7. The molecular weight excluding hydrogens is 584 g/mol. The molecule has 2 saturated heterocycles. The number of hydrogen-bond donors (Lipinski definition) is 9. The average molecular weight is 633 g/mol. The Bertz CT molecular complexity index is 961. The van der Waals surface area contributed by atoms with Gasteiger partial charge < -0.3 is 64.9 Å². The van der Waals surface area contributed by atoms with Crippen molar-refractivity contribution in [3.8, 4) is 0 Å². The minimum Gasteiger partial charge on any atom is -0.460 e. The largest absolute Gasteiger partial charge is 0.460 e. The van der Waals surface area contributed by atoms with Crippen LogP contribution in [0.5, 0.6) is 0 Å². The molecule has 5 rings (SSSR count). The van der Waals surface area contributed by atoms with Gasteiger partial charge in [-0.1, -0.05) is 6.08 Å². The molecule has 9 N–H and O–H groups in total. The van der Waals surface area contributed by atoms with E-state index in [-0.39, 0.29) is 44.1 Å². The molecule has 3 saturated carbocycles. The van der Waals surface area contributed by atoms with E-state index in [1.54, 1.807) is 6.08 Å². The molecule has 13 atom stereocenters. The number of esters is 1. The van der Waals surface area contributed by atoms with Crippen molar-refractivity contribution in [1.82, 2.24) is 0 Å². The quantitative estimate of drug-likeness (QED) is 0.105. The highest BCUT2D eigenvalue weighted by molar-refractivity contribution is 5.81. The first kappa shape index (κ1) is 34.1. The number of aliphatic hydroxyl groups is 9. The maximum Gasteiger partial charge on any atom is 0.330 e. The molecule has 14 heteroatoms. The summed E-state index contributed by atoms with van der Waals surface area (Å²) in [6.07, 6.45) is -9.11. The standard InChI is InChI=1S/C30H48O14/c31-15-4-1-13(2-5-15)3-6-24(36)41-12-23-26(38)27(39)28(40)30(44-23)43-22-11-17-18(33)9-16(32)10-21(17)42-29(22)14-7-19(34)25(37)20(35)8-14/h3,6,13-23,25-35,37-40H,1-2,4-5,7-12H2/t13?,14?,15?,16?,17?,18?,19?,20?,21?,22?,23-,25?,26+,27+,28-,29?,30-/m1/s1. The number of carbonyl (C=O) groups excluding carboxylic acids is 1. The third-order valence-corrected chi connectivity index (χ3v) is 10.1. The van der Waals surface area contributed by atoms with Gasteiger partial charge in [0.25, 0.3) is 0 Å². The molecule has 0 bridgehead atoms. The summed E-state index contributed by atoms with van der Waals surface area (Å²) in [5.41, 5.74) is 0. The predicted molar refractivity (Wildman–Crippen MR) is 148 cm³/mol. The summed E-state index contributed by atoms with van der Waals surface area (Å²) in [6.45, 7) is -0.442. The average Bonchev–Trinajstić information content (AvgIpc) is 2.98. The third kappa shape index (κ3) is 7.81. The fourth-order valence-corrected chi connectivity index (χ4v) is 7.53. The van der Waals surface area contributed by atoms with Crippen molar-refractivity contribution >= 4 is 5.97 Å². The van der Waals surface area contributed by atoms with E-state index in [9.17, 15) is 50.8 Å². The number of fused-ring (bicyclic) bond motifs is 1. The fraction of sp³-hybridized carbons (Fsp3) is 0.900. The van der Waals surface area contributed by atoms with Crippen molar-refractivity contribution in [2.24, 2.45) is 17.8 Å². The lowest BCUT2D eigenvalue weighted by molar-refractivity contribution is -0.334. The lowest BCUT2D eigenvalue weighted by atomic mass is 9.72. The van der Waals surface area contributed by atoms with Crippen molar-refractivity contribution < 1.29 is 69.7 Å². The van der Waals surface area contributed by atoms with E-state index >= 15 is 0 Å². The fourth-order valence-electron chi connectivity index (χ4n) is 7.53. The second-order valence-corrected chi connectivity index (χ2v) is 13.3. The first-order valence-corrected chi connectivity index (χ1v) is 15.8. The van der Waals surface area contributed by atoms with Crippen LogP contribution < -0.4 is 0 Å². The van der Waals surface area contributed by atoms with Gasteiger partial charge in [-0.2, -0.15) is 0 Å². The molecule has 14 nitrogen and oxygen atoms in total. The van der Waals surface area contributed by atoms with Crippen molar-refractivity contribution in [3.05, 3.63) is 12.2 Å². The Morgan fingerprint density at radius 2 is 1.39 bits per heavy atom. The van der Waals surface area contributed by atoms with Gasteiger partial charge in [0.1, 0.15) is 37.1 Å². The molecule has 0 amide bonds. The van der Waals surface area contributed by atoms with Crippen LogP contribution in [-0.4, -0.2) is 144 Å². The molecule has 44 heavy (non-hydrogen) atoms. The normalized spacial score (nSPS) is 50.2. The Morgan fingerprint density at radius 1 is 0.705 bits per heavy atom. The molecule has 3 aliphatic carbocycles. The van der Waals surface area contributed by atoms with Gasteiger partial charge in [0, 0.05) is 12.0 Å². The summed E-state index contributed by atoms with van der Waals surface area (Å²) in [5.74, 6) is -1.47. The first-order chi connectivity index (χ1) is 20.9. The van der Waals surface area contributed by atoms with Gasteiger partial charge in [0.05, 0.1) is 48.8 Å². The van der Waals surface area contributed by atoms with E-state index in [4.69, 9.17) is 18.9 Å². The first-order valence-electron chi connectivity index (χ1n) is 15.8. The Hall–Kier alpha value is -1.27. The zero-order valence-electron chi connectivity index (χ0n) is 24.6. The molecule has 8 unspecified atom stereocenters. The zero-order valence-corrected chi connectivity index (χ0v) is 24.6. The highest BCUT2D eigenvalue weighted by Crippen LogP contribution is 2.43. The highest BCUT2D eigenvalue weighted by Gasteiger charge is 2.52. The Balaban J connectivity index is 1.25. The summed E-state index contributed by atoms with van der Waals surface area (Å²) in [6, 6.07) is 0. The highest BCUT2D eigenvalue weighted by atomic mass is 16.7. The van der Waals surface area contributed by atoms with E-state index in [0.29, 0.717) is 12.8 Å². The molecule has 0 aromatic carbocycles. The van der Waals surface area contributed by atoms with Crippen LogP contribution in [0.25, 0.3) is 0 Å². The van der Waals surface area contributed by atoms with Gasteiger partial charge in [0.15, 0.2) is 6.29 Å². The van der Waals surface area contributed by atoms with Crippen LogP contribution in [-0.2, 0) is 23.7 Å². The molecule has 0 aromatic heterocycles. The number of carbonyl (C=O) groups is 1. The Morgan fingerprint density at radius 3 is 2.07 bits per heavy atom. The number of ether oxygens (including phenoxy) is 4. The van der Waals surface area contributed by atoms with Gasteiger partial charge >= 0.3 is 5.97 Å². The lowest BCUT2D eigenvalue weighted by Gasteiger charge is -2.51. The van der Waals surface area contributed by atoms with Gasteiger partial charge in [0.2, 0.25) is 0 Å². The summed E-state index contributed by atoms with van der Waals surface area (Å²) in [5, 5.41) is 93.4. The summed E-state index contributed by atoms with van der Waals surface area (Å²) in [4.78, 5) is 12.4. The smallest absolute Gasteiger partial charge is 0.330 e. The predicted octanol–water partition coefficient (Wildman–Crippen LogP) is -2.39. The summed E-state index contributed by atoms with van der Waals surface area (Å²) in [7, 11) is 0. The maximum absolute atomic E-state index is 12.4. The minimum atomic E-state index is -1.71. The van der Waals surface area contributed by atoms with E-state index in [0.717, 1.165) is 12.8 Å². The summed E-state index contributed by atoms with van der Waals surface area (Å²) < 4.78 is 23.6. The van der Waals surface area contributed by atoms with Crippen molar-refractivity contribution in [1.29, 1.82) is 0 Å². The van der Waals surface area contributed by atoms with E-state index < -0.39 is 104 Å². The Labute approximate surface area is 255 Å². The van der Waals surface area contributed by atoms with E-state index in [1.165, 1.54) is 6.08 Å². The van der Waals surface area contributed by atoms with Crippen LogP contribution in [0.15, 0.2) is 12.2 Å². The van der Waals surface area contributed by atoms with E-state index in [2.05, 4.69) is 0 Å². The van der Waals surface area contributed by atoms with Gasteiger partial charge in [-0.05, 0) is 69.6 Å². The van der Waals surface area contributed by atoms with Crippen LogP contribution in [0, 0.1) is 17.8 Å². The molecule has 5 aliphatic rings. The SMILES string of the molecule is O=C(C=CC1CCC(O)CC1)OC[C@H]1O[C@@H](OC2CC3C(O)CC(O)CC3OC2C2CC(O)C(O)C(O)C2)[C@H](O)[C@@H](O)[C@H]1O. The number of allylic oxidation sites excluding steroid dienone is 1. The topological polar surface area (TPSA) is 236 Å². The lowest BCUT2D eigenvalue weighted by Crippen LogP contribution is -2.62. The molecule has 0 aromatic rings. The minimum absolute atomic E-state index is 0.0776. The zero-order chi connectivity index (χ0) is 31.7. The molecule has 252 valence electrons. The van der Waals surface area contributed by atoms with Gasteiger partial charge in [-0.25, -0.2) is 4.79 Å².